The molecule has 4 aromatic rings. The van der Waals surface area contributed by atoms with Crippen LogP contribution in [0.1, 0.15) is 47.8 Å². The monoisotopic (exact) mass is 669 g/mol. The molecular formula is C33H35ClF3N7O3. The van der Waals surface area contributed by atoms with Gasteiger partial charge < -0.3 is 25.8 Å². The summed E-state index contributed by atoms with van der Waals surface area (Å²) >= 11 is 6.38. The van der Waals surface area contributed by atoms with Gasteiger partial charge in [-0.15, -0.1) is 0 Å². The van der Waals surface area contributed by atoms with E-state index in [2.05, 4.69) is 20.4 Å². The summed E-state index contributed by atoms with van der Waals surface area (Å²) in [5.74, 6) is -1.07. The second-order valence-electron chi connectivity index (χ2n) is 12.5. The summed E-state index contributed by atoms with van der Waals surface area (Å²) in [5, 5.41) is 17.5. The van der Waals surface area contributed by atoms with Crippen LogP contribution in [-0.2, 0) is 4.79 Å². The molecule has 2 aromatic heterocycles. The SMILES string of the molecule is Cc1ccn(-c2cc(-c3cc(C)c(Cl)c(C)c3)ccc2[C@@H](Oc2cc(N3CCC4(CC3)CNC(C(=O)O)C4)nc(N)n2)C(F)(F)F)n1. The fourth-order valence-electron chi connectivity index (χ4n) is 6.57. The Balaban J connectivity index is 1.32. The van der Waals surface area contributed by atoms with Crippen molar-refractivity contribution in [1.82, 2.24) is 25.1 Å². The standard InChI is InChI=1S/C33H35ClF3N7O3/c1-18-12-22(13-19(2)28(18)34)21-4-5-23(25(14-21)44-9-6-20(3)42-44)29(33(35,36)37)47-27-15-26(40-31(38)41-27)43-10-7-32(8-11-43)16-24(30(45)46)39-17-32/h4-6,9,12-15,24,29,39H,7-8,10-11,16-17H2,1-3H3,(H,45,46)(H2,38,40,41)/t24?,29-/m1/s1. The molecule has 4 N–H and O–H groups in total. The number of carboxylic acids is 1. The zero-order valence-electron chi connectivity index (χ0n) is 26.1. The van der Waals surface area contributed by atoms with Gasteiger partial charge >= 0.3 is 12.1 Å². The molecule has 14 heteroatoms. The number of ether oxygens (including phenoxy) is 1. The van der Waals surface area contributed by atoms with Crippen LogP contribution in [0.2, 0.25) is 5.02 Å². The lowest BCUT2D eigenvalue weighted by Crippen LogP contribution is -2.41. The number of aryl methyl sites for hydroxylation is 3. The minimum Gasteiger partial charge on any atom is -0.480 e. The van der Waals surface area contributed by atoms with Crippen LogP contribution in [0.4, 0.5) is 24.9 Å². The van der Waals surface area contributed by atoms with Gasteiger partial charge in [0.2, 0.25) is 17.9 Å². The van der Waals surface area contributed by atoms with E-state index < -0.39 is 24.3 Å². The zero-order valence-corrected chi connectivity index (χ0v) is 26.9. The molecule has 2 saturated heterocycles. The molecule has 2 atom stereocenters. The number of alkyl halides is 3. The van der Waals surface area contributed by atoms with Crippen LogP contribution in [0.3, 0.4) is 0 Å². The minimum absolute atomic E-state index is 0.157. The maximum absolute atomic E-state index is 14.9. The Labute approximate surface area is 274 Å². The molecule has 2 aliphatic heterocycles. The van der Waals surface area contributed by atoms with Gasteiger partial charge in [0.25, 0.3) is 0 Å². The number of benzene rings is 2. The van der Waals surface area contributed by atoms with Crippen molar-refractivity contribution in [3.8, 4) is 22.7 Å². The van der Waals surface area contributed by atoms with Gasteiger partial charge in [-0.3, -0.25) is 4.79 Å². The Morgan fingerprint density at radius 3 is 2.38 bits per heavy atom. The van der Waals surface area contributed by atoms with Crippen molar-refractivity contribution in [3.05, 3.63) is 76.1 Å². The number of aliphatic carboxylic acids is 1. The van der Waals surface area contributed by atoms with Crippen LogP contribution >= 0.6 is 11.6 Å². The molecule has 2 aliphatic rings. The molecule has 2 fully saturated rings. The molecule has 0 bridgehead atoms. The smallest absolute Gasteiger partial charge is 0.429 e. The number of aromatic nitrogens is 4. The van der Waals surface area contributed by atoms with Gasteiger partial charge in [0.15, 0.2) is 0 Å². The van der Waals surface area contributed by atoms with Crippen molar-refractivity contribution in [1.29, 1.82) is 0 Å². The Kier molecular flexibility index (Phi) is 8.56. The van der Waals surface area contributed by atoms with Crippen molar-refractivity contribution >= 4 is 29.3 Å². The first-order chi connectivity index (χ1) is 22.2. The lowest BCUT2D eigenvalue weighted by Gasteiger charge is -2.39. The fraction of sp³-hybridized carbons (Fsp3) is 0.394. The highest BCUT2D eigenvalue weighted by Crippen LogP contribution is 2.43. The third-order valence-corrected chi connectivity index (χ3v) is 9.70. The van der Waals surface area contributed by atoms with Gasteiger partial charge in [0, 0.05) is 42.5 Å². The van der Waals surface area contributed by atoms with Crippen LogP contribution in [0, 0.1) is 26.2 Å². The highest BCUT2D eigenvalue weighted by Gasteiger charge is 2.46. The molecular weight excluding hydrogens is 635 g/mol. The molecule has 2 aromatic carbocycles. The Morgan fingerprint density at radius 2 is 1.79 bits per heavy atom. The first-order valence-corrected chi connectivity index (χ1v) is 15.6. The highest BCUT2D eigenvalue weighted by molar-refractivity contribution is 6.32. The number of halogens is 4. The quantitative estimate of drug-likeness (QED) is 0.210. The van der Waals surface area contributed by atoms with Gasteiger partial charge in [-0.1, -0.05) is 23.7 Å². The van der Waals surface area contributed by atoms with E-state index in [1.807, 2.05) is 30.9 Å². The van der Waals surface area contributed by atoms with Crippen LogP contribution < -0.4 is 20.7 Å². The van der Waals surface area contributed by atoms with Crippen LogP contribution in [-0.4, -0.2) is 62.7 Å². The van der Waals surface area contributed by atoms with Crippen LogP contribution in [0.5, 0.6) is 5.88 Å². The van der Waals surface area contributed by atoms with E-state index in [1.165, 1.54) is 16.8 Å². The van der Waals surface area contributed by atoms with Gasteiger partial charge in [-0.2, -0.15) is 28.2 Å². The Bertz CT molecular complexity index is 1800. The molecule has 10 nitrogen and oxygen atoms in total. The molecule has 0 radical (unpaired) electrons. The van der Waals surface area contributed by atoms with Gasteiger partial charge in [0.1, 0.15) is 11.9 Å². The number of carboxylic acid groups (broad SMARTS) is 1. The molecule has 0 saturated carbocycles. The number of nitrogens with zero attached hydrogens (tertiary/aromatic N) is 5. The molecule has 4 heterocycles. The van der Waals surface area contributed by atoms with Crippen molar-refractivity contribution in [2.45, 2.75) is 58.4 Å². The first-order valence-electron chi connectivity index (χ1n) is 15.2. The lowest BCUT2D eigenvalue weighted by atomic mass is 9.76. The topological polar surface area (TPSA) is 131 Å². The maximum Gasteiger partial charge on any atom is 0.429 e. The van der Waals surface area contributed by atoms with Crippen molar-refractivity contribution < 1.29 is 27.8 Å². The fourth-order valence-corrected chi connectivity index (χ4v) is 6.68. The summed E-state index contributed by atoms with van der Waals surface area (Å²) in [6.45, 7) is 7.16. The second-order valence-corrected chi connectivity index (χ2v) is 12.9. The summed E-state index contributed by atoms with van der Waals surface area (Å²) < 4.78 is 51.7. The lowest BCUT2D eigenvalue weighted by molar-refractivity contribution is -0.198. The number of hydrogen-bond acceptors (Lipinski definition) is 8. The number of hydrogen-bond donors (Lipinski definition) is 3. The van der Waals surface area contributed by atoms with E-state index in [0.717, 1.165) is 16.7 Å². The average molecular weight is 670 g/mol. The molecule has 0 aliphatic carbocycles. The van der Waals surface area contributed by atoms with Crippen LogP contribution in [0.25, 0.3) is 16.8 Å². The average Bonchev–Trinajstić information content (AvgIpc) is 3.64. The summed E-state index contributed by atoms with van der Waals surface area (Å²) in [7, 11) is 0. The van der Waals surface area contributed by atoms with Crippen molar-refractivity contribution in [2.24, 2.45) is 5.41 Å². The van der Waals surface area contributed by atoms with E-state index in [1.54, 1.807) is 31.3 Å². The van der Waals surface area contributed by atoms with Crippen molar-refractivity contribution in [3.63, 3.8) is 0 Å². The first kappa shape index (κ1) is 32.6. The summed E-state index contributed by atoms with van der Waals surface area (Å²) in [5.41, 5.74) is 9.68. The predicted molar refractivity (Wildman–Crippen MR) is 172 cm³/mol. The van der Waals surface area contributed by atoms with Gasteiger partial charge in [0.05, 0.1) is 11.4 Å². The third-order valence-electron chi connectivity index (χ3n) is 9.10. The molecule has 47 heavy (non-hydrogen) atoms. The van der Waals surface area contributed by atoms with E-state index in [-0.39, 0.29) is 28.5 Å². The van der Waals surface area contributed by atoms with Gasteiger partial charge in [-0.25, -0.2) is 4.68 Å². The molecule has 0 amide bonds. The van der Waals surface area contributed by atoms with Gasteiger partial charge in [-0.05, 0) is 92.0 Å². The Hall–Kier alpha value is -4.36. The number of anilines is 2. The minimum atomic E-state index is -4.83. The van der Waals surface area contributed by atoms with E-state index in [4.69, 9.17) is 22.1 Å². The number of nitrogens with one attached hydrogen (secondary N) is 1. The largest absolute Gasteiger partial charge is 0.480 e. The summed E-state index contributed by atoms with van der Waals surface area (Å²) in [6, 6.07) is 10.9. The third kappa shape index (κ3) is 6.72. The van der Waals surface area contributed by atoms with E-state index >= 15 is 0 Å². The molecule has 1 spiro atoms. The van der Waals surface area contributed by atoms with E-state index in [0.29, 0.717) is 61.0 Å². The molecule has 248 valence electrons. The number of nitrogens with two attached hydrogens (primary N) is 1. The number of rotatable bonds is 7. The predicted octanol–water partition coefficient (Wildman–Crippen LogP) is 6.21. The van der Waals surface area contributed by atoms with E-state index in [9.17, 15) is 23.1 Å². The number of nitrogen functional groups attached to an aromatic ring is 1. The number of carbonyl (C=O) groups is 1. The number of piperidine rings is 1. The molecule has 1 unspecified atom stereocenters. The zero-order chi connectivity index (χ0) is 33.7. The summed E-state index contributed by atoms with van der Waals surface area (Å²) in [4.78, 5) is 21.7. The van der Waals surface area contributed by atoms with Crippen LogP contribution in [0.15, 0.2) is 48.7 Å². The second kappa shape index (κ2) is 12.3. The molecule has 6 rings (SSSR count). The normalized spacial score (nSPS) is 18.4. The maximum atomic E-state index is 14.9. The Morgan fingerprint density at radius 1 is 1.09 bits per heavy atom. The highest BCUT2D eigenvalue weighted by atomic mass is 35.5. The summed E-state index contributed by atoms with van der Waals surface area (Å²) in [6.07, 6.45) is -3.72. The van der Waals surface area contributed by atoms with Crippen molar-refractivity contribution in [2.75, 3.05) is 30.3 Å².